The first-order valence-electron chi connectivity index (χ1n) is 19.8. The Labute approximate surface area is 314 Å². The highest BCUT2D eigenvalue weighted by molar-refractivity contribution is 5.73. The van der Waals surface area contributed by atoms with Crippen LogP contribution in [0, 0.1) is 29.6 Å². The fraction of sp³-hybridized carbons (Fsp3) is 0.975. The molecule has 12 nitrogen and oxygen atoms in total. The quantitative estimate of drug-likeness (QED) is 0.256. The van der Waals surface area contributed by atoms with Crippen LogP contribution in [0.4, 0.5) is 0 Å². The van der Waals surface area contributed by atoms with E-state index in [0.29, 0.717) is 19.3 Å². The van der Waals surface area contributed by atoms with Crippen LogP contribution in [0.15, 0.2) is 0 Å². The van der Waals surface area contributed by atoms with Crippen molar-refractivity contribution < 1.29 is 53.6 Å². The van der Waals surface area contributed by atoms with Gasteiger partial charge in [-0.2, -0.15) is 0 Å². The highest BCUT2D eigenvalue weighted by Crippen LogP contribution is 2.42. The van der Waals surface area contributed by atoms with E-state index in [-0.39, 0.29) is 54.9 Å². The second-order valence-electron chi connectivity index (χ2n) is 17.8. The Hall–Kier alpha value is -0.930. The zero-order valence-electron chi connectivity index (χ0n) is 34.9. The Morgan fingerprint density at radius 2 is 1.56 bits per heavy atom. The smallest absolute Gasteiger partial charge is 0.311 e. The molecule has 0 saturated carbocycles. The molecule has 3 fully saturated rings. The number of aliphatic hydroxyl groups excluding tert-OH is 2. The fourth-order valence-electron chi connectivity index (χ4n) is 9.16. The molecule has 0 unspecified atom stereocenters. The molecule has 0 amide bonds. The van der Waals surface area contributed by atoms with E-state index in [1.165, 1.54) is 6.92 Å². The Morgan fingerprint density at radius 3 is 2.12 bits per heavy atom. The Bertz CT molecular complexity index is 1140. The van der Waals surface area contributed by atoms with E-state index >= 15 is 0 Å². The summed E-state index contributed by atoms with van der Waals surface area (Å²) in [5.74, 6) is -2.68. The van der Waals surface area contributed by atoms with Crippen molar-refractivity contribution >= 4 is 5.97 Å². The van der Waals surface area contributed by atoms with E-state index in [9.17, 15) is 25.2 Å². The van der Waals surface area contributed by atoms with Crippen LogP contribution in [-0.2, 0) is 33.2 Å². The van der Waals surface area contributed by atoms with Gasteiger partial charge in [0.05, 0.1) is 47.6 Å². The van der Waals surface area contributed by atoms with E-state index in [1.54, 1.807) is 21.0 Å². The summed E-state index contributed by atoms with van der Waals surface area (Å²) < 4.78 is 38.3. The molecule has 0 bridgehead atoms. The normalized spacial score (nSPS) is 49.1. The molecule has 3 aliphatic rings. The minimum absolute atomic E-state index is 0.0599. The number of ether oxygens (including phenoxy) is 6. The van der Waals surface area contributed by atoms with Gasteiger partial charge in [-0.3, -0.25) is 9.69 Å². The molecule has 12 heteroatoms. The lowest BCUT2D eigenvalue weighted by Crippen LogP contribution is -2.61. The molecule has 0 spiro atoms. The van der Waals surface area contributed by atoms with Crippen LogP contribution in [0.25, 0.3) is 0 Å². The number of cyclic esters (lactones) is 1. The van der Waals surface area contributed by atoms with Gasteiger partial charge < -0.3 is 48.8 Å². The maximum absolute atomic E-state index is 14.2. The molecule has 18 atom stereocenters. The third kappa shape index (κ3) is 10.1. The number of nitrogens with zero attached hydrogens (tertiary/aromatic N) is 1. The van der Waals surface area contributed by atoms with Crippen molar-refractivity contribution in [2.75, 3.05) is 14.2 Å². The second-order valence-corrected chi connectivity index (χ2v) is 17.8. The molecule has 0 aromatic carbocycles. The first-order chi connectivity index (χ1) is 23.9. The molecule has 306 valence electrons. The number of methoxy groups -OCH3 is 1. The molecule has 0 aromatic heterocycles. The zero-order valence-corrected chi connectivity index (χ0v) is 34.9. The van der Waals surface area contributed by atoms with Gasteiger partial charge in [-0.25, -0.2) is 0 Å². The summed E-state index contributed by atoms with van der Waals surface area (Å²) in [4.78, 5) is 16.3. The van der Waals surface area contributed by atoms with Crippen LogP contribution in [0.5, 0.6) is 0 Å². The molecule has 0 aliphatic carbocycles. The van der Waals surface area contributed by atoms with Gasteiger partial charge in [-0.05, 0) is 100.0 Å². The predicted molar refractivity (Wildman–Crippen MR) is 198 cm³/mol. The first kappa shape index (κ1) is 45.5. The van der Waals surface area contributed by atoms with Gasteiger partial charge >= 0.3 is 5.97 Å². The number of aliphatic hydroxyl groups is 4. The highest BCUT2D eigenvalue weighted by atomic mass is 16.7. The highest BCUT2D eigenvalue weighted by Gasteiger charge is 2.52. The molecule has 3 heterocycles. The summed E-state index contributed by atoms with van der Waals surface area (Å²) in [5.41, 5.74) is -3.82. The number of carbonyl (C=O) groups excluding carboxylic acids is 1. The summed E-state index contributed by atoms with van der Waals surface area (Å²) >= 11 is 0. The van der Waals surface area contributed by atoms with Gasteiger partial charge in [0.1, 0.15) is 17.8 Å². The van der Waals surface area contributed by atoms with Crippen molar-refractivity contribution in [3.63, 3.8) is 0 Å². The monoisotopic (exact) mass is 746 g/mol. The summed E-state index contributed by atoms with van der Waals surface area (Å²) in [6.45, 7) is 24.6. The molecule has 52 heavy (non-hydrogen) atoms. The van der Waals surface area contributed by atoms with Crippen LogP contribution in [0.3, 0.4) is 0 Å². The molecular weight excluding hydrogens is 670 g/mol. The van der Waals surface area contributed by atoms with Gasteiger partial charge in [-0.1, -0.05) is 34.6 Å². The molecule has 3 rings (SSSR count). The van der Waals surface area contributed by atoms with Crippen molar-refractivity contribution in [1.82, 2.24) is 4.90 Å². The van der Waals surface area contributed by atoms with Crippen LogP contribution in [0.2, 0.25) is 0 Å². The number of hydrogen-bond donors (Lipinski definition) is 4. The average Bonchev–Trinajstić information content (AvgIpc) is 3.05. The SMILES string of the molecule is CC[C@@H]1OC(=O)[C@H](C)[C@@H](O[C@H]2C[C@@](C)(OC)[C@@H](C)[C@H](C)O2)[C@H](C)[C@@H](O[C@@H]2O[C@H](C)C[C@H](N(C)C(C)C)[C@H]2O)[C@@](C)(O)C[C@@H](C)C[C@@H](C)[C@@H](O)[C@]1(C)O. The number of rotatable bonds is 8. The van der Waals surface area contributed by atoms with Gasteiger partial charge in [0.2, 0.25) is 0 Å². The van der Waals surface area contributed by atoms with Crippen molar-refractivity contribution in [3.05, 3.63) is 0 Å². The Kier molecular flexibility index (Phi) is 15.6. The molecular formula is C40H75NO11. The van der Waals surface area contributed by atoms with Crippen LogP contribution < -0.4 is 0 Å². The second kappa shape index (κ2) is 17.9. The van der Waals surface area contributed by atoms with E-state index in [4.69, 9.17) is 28.4 Å². The minimum atomic E-state index is -1.73. The number of likely N-dealkylation sites (N-methyl/N-ethyl adjacent to an activating group) is 1. The van der Waals surface area contributed by atoms with Crippen LogP contribution >= 0.6 is 0 Å². The molecule has 0 aromatic rings. The largest absolute Gasteiger partial charge is 0.459 e. The summed E-state index contributed by atoms with van der Waals surface area (Å²) in [6.07, 6.45) is -5.43. The lowest BCUT2D eigenvalue weighted by molar-refractivity contribution is -0.314. The number of hydrogen-bond acceptors (Lipinski definition) is 12. The predicted octanol–water partition coefficient (Wildman–Crippen LogP) is 4.66. The van der Waals surface area contributed by atoms with Gasteiger partial charge in [0, 0.05) is 37.5 Å². The van der Waals surface area contributed by atoms with Gasteiger partial charge in [0.15, 0.2) is 12.6 Å². The van der Waals surface area contributed by atoms with E-state index in [1.807, 2.05) is 55.5 Å². The lowest BCUT2D eigenvalue weighted by Gasteiger charge is -2.50. The van der Waals surface area contributed by atoms with Crippen LogP contribution in [0.1, 0.15) is 122 Å². The standard InChI is InChI=1S/C40H75NO11/c1-16-30-40(13,46)34(43)23(5)17-22(4)19-38(11,45)35(52-37-32(42)29(18-24(6)48-37)41(14)21(2)3)25(7)33(26(8)36(44)50-30)51-31-20-39(12,47-15)27(9)28(10)49-31/h21-35,37,42-43,45-46H,16-20H2,1-15H3/t22-,23+,24+,25-,26+,27-,28-,29-,30-,31-,32+,33-,34+,35+,37-,38-,39+,40+/m0/s1. The Morgan fingerprint density at radius 1 is 0.942 bits per heavy atom. The van der Waals surface area contributed by atoms with E-state index in [2.05, 4.69) is 25.7 Å². The lowest BCUT2D eigenvalue weighted by atomic mass is 9.74. The number of esters is 1. The molecule has 3 aliphatic heterocycles. The minimum Gasteiger partial charge on any atom is -0.459 e. The zero-order chi connectivity index (χ0) is 39.7. The number of carbonyl (C=O) groups is 1. The van der Waals surface area contributed by atoms with Gasteiger partial charge in [-0.15, -0.1) is 0 Å². The maximum atomic E-state index is 14.2. The topological polar surface area (TPSA) is 157 Å². The van der Waals surface area contributed by atoms with E-state index in [0.717, 1.165) is 0 Å². The fourth-order valence-corrected chi connectivity index (χ4v) is 9.16. The third-order valence-corrected chi connectivity index (χ3v) is 13.0. The maximum Gasteiger partial charge on any atom is 0.311 e. The summed E-state index contributed by atoms with van der Waals surface area (Å²) in [7, 11) is 3.65. The van der Waals surface area contributed by atoms with Crippen molar-refractivity contribution in [1.29, 1.82) is 0 Å². The van der Waals surface area contributed by atoms with Crippen LogP contribution in [-0.4, -0.2) is 130 Å². The summed E-state index contributed by atoms with van der Waals surface area (Å²) in [6, 6.07) is -0.0877. The average molecular weight is 746 g/mol. The van der Waals surface area contributed by atoms with Crippen molar-refractivity contribution in [3.8, 4) is 0 Å². The Balaban J connectivity index is 2.15. The first-order valence-corrected chi connectivity index (χ1v) is 19.8. The van der Waals surface area contributed by atoms with E-state index < -0.39 is 77.7 Å². The summed E-state index contributed by atoms with van der Waals surface area (Å²) in [5, 5.41) is 47.4. The third-order valence-electron chi connectivity index (χ3n) is 13.0. The molecule has 0 radical (unpaired) electrons. The molecule has 4 N–H and O–H groups in total. The van der Waals surface area contributed by atoms with Crippen molar-refractivity contribution in [2.45, 2.75) is 206 Å². The molecule has 3 saturated heterocycles. The van der Waals surface area contributed by atoms with Gasteiger partial charge in [0.25, 0.3) is 0 Å². The van der Waals surface area contributed by atoms with Crippen molar-refractivity contribution in [2.24, 2.45) is 29.6 Å².